The summed E-state index contributed by atoms with van der Waals surface area (Å²) in [5.74, 6) is 0.0350. The third-order valence-electron chi connectivity index (χ3n) is 6.04. The van der Waals surface area contributed by atoms with E-state index in [0.717, 1.165) is 32.1 Å². The number of carbonyl (C=O) groups excluding carboxylic acids is 2. The van der Waals surface area contributed by atoms with Crippen molar-refractivity contribution in [2.24, 2.45) is 0 Å². The highest BCUT2D eigenvalue weighted by Crippen LogP contribution is 2.29. The van der Waals surface area contributed by atoms with Gasteiger partial charge in [0.2, 0.25) is 11.8 Å². The number of hydrogen-bond acceptors (Lipinski definition) is 3. The summed E-state index contributed by atoms with van der Waals surface area (Å²) in [5, 5.41) is 9.25. The van der Waals surface area contributed by atoms with Crippen LogP contribution in [-0.4, -0.2) is 46.8 Å². The second-order valence-corrected chi connectivity index (χ2v) is 7.74. The number of benzene rings is 1. The van der Waals surface area contributed by atoms with Crippen molar-refractivity contribution in [2.45, 2.75) is 57.0 Å². The summed E-state index contributed by atoms with van der Waals surface area (Å²) in [6.45, 7) is 1.29. The summed E-state index contributed by atoms with van der Waals surface area (Å²) < 4.78 is 0. The molecule has 5 nitrogen and oxygen atoms in total. The van der Waals surface area contributed by atoms with Crippen LogP contribution in [0.15, 0.2) is 29.8 Å². The first-order chi connectivity index (χ1) is 13.2. The van der Waals surface area contributed by atoms with E-state index in [4.69, 9.17) is 0 Å². The molecule has 1 aromatic rings. The molecule has 2 fully saturated rings. The molecule has 5 heteroatoms. The van der Waals surface area contributed by atoms with E-state index in [1.54, 1.807) is 9.80 Å². The molecule has 2 heterocycles. The van der Waals surface area contributed by atoms with Crippen LogP contribution in [0.4, 0.5) is 0 Å². The number of rotatable bonds is 4. The van der Waals surface area contributed by atoms with Crippen molar-refractivity contribution < 1.29 is 9.59 Å². The molecule has 2 aliphatic heterocycles. The van der Waals surface area contributed by atoms with E-state index in [1.165, 1.54) is 16.7 Å². The molecule has 0 N–H and O–H groups in total. The quantitative estimate of drug-likeness (QED) is 0.826. The zero-order valence-corrected chi connectivity index (χ0v) is 15.6. The van der Waals surface area contributed by atoms with E-state index >= 15 is 0 Å². The Morgan fingerprint density at radius 3 is 2.70 bits per heavy atom. The number of nitrogens with zero attached hydrogens (tertiary/aromatic N) is 3. The third-order valence-corrected chi connectivity index (χ3v) is 6.04. The molecule has 1 aromatic carbocycles. The first-order valence-corrected chi connectivity index (χ1v) is 9.94. The van der Waals surface area contributed by atoms with Crippen LogP contribution < -0.4 is 0 Å². The van der Waals surface area contributed by atoms with Crippen LogP contribution >= 0.6 is 0 Å². The zero-order chi connectivity index (χ0) is 18.8. The molecule has 0 spiro atoms. The van der Waals surface area contributed by atoms with Crippen molar-refractivity contribution in [1.82, 2.24) is 9.80 Å². The number of carbonyl (C=O) groups is 2. The molecular weight excluding hydrogens is 338 g/mol. The third kappa shape index (κ3) is 3.49. The molecule has 0 saturated carbocycles. The standard InChI is InChI=1S/C22H25N3O2/c23-15-19-7-3-11-24(19)22(27)20-8-4-12-25(20)21(26)10-9-16-13-17-5-1-2-6-18(17)14-16/h1-2,5-6,13,19-20H,3-4,7-12,14H2/t19-,20+/m0/s1. The van der Waals surface area contributed by atoms with E-state index in [1.807, 2.05) is 12.1 Å². The number of allylic oxidation sites excluding steroid dienone is 1. The maximum absolute atomic E-state index is 12.9. The molecule has 0 aromatic heterocycles. The summed E-state index contributed by atoms with van der Waals surface area (Å²) in [6, 6.07) is 9.87. The molecule has 1 aliphatic carbocycles. The fraction of sp³-hybridized carbons (Fsp3) is 0.500. The normalized spacial score (nSPS) is 23.9. The Labute approximate surface area is 160 Å². The maximum atomic E-state index is 12.9. The van der Waals surface area contributed by atoms with Gasteiger partial charge in [-0.15, -0.1) is 0 Å². The predicted octanol–water partition coefficient (Wildman–Crippen LogP) is 2.91. The molecule has 140 valence electrons. The monoisotopic (exact) mass is 363 g/mol. The highest BCUT2D eigenvalue weighted by molar-refractivity contribution is 5.89. The second kappa shape index (κ2) is 7.56. The topological polar surface area (TPSA) is 64.4 Å². The van der Waals surface area contributed by atoms with Crippen molar-refractivity contribution in [3.63, 3.8) is 0 Å². The van der Waals surface area contributed by atoms with Gasteiger partial charge >= 0.3 is 0 Å². The average Bonchev–Trinajstić information content (AvgIpc) is 3.43. The van der Waals surface area contributed by atoms with E-state index < -0.39 is 0 Å². The van der Waals surface area contributed by atoms with Gasteiger partial charge in [-0.1, -0.05) is 35.9 Å². The van der Waals surface area contributed by atoms with Gasteiger partial charge in [0.1, 0.15) is 12.1 Å². The minimum absolute atomic E-state index is 0.0302. The minimum Gasteiger partial charge on any atom is -0.331 e. The van der Waals surface area contributed by atoms with Crippen LogP contribution in [0.1, 0.15) is 49.7 Å². The fourth-order valence-corrected chi connectivity index (χ4v) is 4.60. The highest BCUT2D eigenvalue weighted by Gasteiger charge is 2.39. The number of amides is 2. The van der Waals surface area contributed by atoms with E-state index in [0.29, 0.717) is 25.9 Å². The van der Waals surface area contributed by atoms with Crippen LogP contribution in [0.5, 0.6) is 0 Å². The van der Waals surface area contributed by atoms with Crippen molar-refractivity contribution in [3.05, 3.63) is 41.0 Å². The molecule has 2 amide bonds. The Morgan fingerprint density at radius 2 is 1.89 bits per heavy atom. The van der Waals surface area contributed by atoms with Crippen LogP contribution in [0.3, 0.4) is 0 Å². The Morgan fingerprint density at radius 1 is 1.11 bits per heavy atom. The van der Waals surface area contributed by atoms with Gasteiger partial charge < -0.3 is 9.80 Å². The van der Waals surface area contributed by atoms with Gasteiger partial charge in [0, 0.05) is 19.5 Å². The number of hydrogen-bond donors (Lipinski definition) is 0. The van der Waals surface area contributed by atoms with Crippen molar-refractivity contribution in [1.29, 1.82) is 5.26 Å². The molecule has 27 heavy (non-hydrogen) atoms. The second-order valence-electron chi connectivity index (χ2n) is 7.74. The van der Waals surface area contributed by atoms with Crippen molar-refractivity contribution >= 4 is 17.9 Å². The van der Waals surface area contributed by atoms with Gasteiger partial charge in [0.25, 0.3) is 0 Å². The molecule has 0 bridgehead atoms. The maximum Gasteiger partial charge on any atom is 0.246 e. The molecule has 0 radical (unpaired) electrons. The van der Waals surface area contributed by atoms with Crippen molar-refractivity contribution in [3.8, 4) is 6.07 Å². The zero-order valence-electron chi connectivity index (χ0n) is 15.6. The molecule has 2 saturated heterocycles. The number of likely N-dealkylation sites (tertiary alicyclic amines) is 2. The summed E-state index contributed by atoms with van der Waals surface area (Å²) in [5.41, 5.74) is 3.87. The fourth-order valence-electron chi connectivity index (χ4n) is 4.60. The van der Waals surface area contributed by atoms with Gasteiger partial charge in [0.05, 0.1) is 6.07 Å². The molecular formula is C22H25N3O2. The lowest BCUT2D eigenvalue weighted by molar-refractivity contribution is -0.143. The van der Waals surface area contributed by atoms with Crippen LogP contribution in [0, 0.1) is 11.3 Å². The van der Waals surface area contributed by atoms with Crippen LogP contribution in [-0.2, 0) is 16.0 Å². The highest BCUT2D eigenvalue weighted by atomic mass is 16.2. The van der Waals surface area contributed by atoms with Crippen LogP contribution in [0.25, 0.3) is 6.08 Å². The predicted molar refractivity (Wildman–Crippen MR) is 102 cm³/mol. The first-order valence-electron chi connectivity index (χ1n) is 9.94. The molecule has 2 atom stereocenters. The lowest BCUT2D eigenvalue weighted by Gasteiger charge is -2.29. The smallest absolute Gasteiger partial charge is 0.246 e. The van der Waals surface area contributed by atoms with Gasteiger partial charge in [-0.25, -0.2) is 0 Å². The van der Waals surface area contributed by atoms with E-state index in [2.05, 4.69) is 24.3 Å². The molecule has 0 unspecified atom stereocenters. The largest absolute Gasteiger partial charge is 0.331 e. The number of nitriles is 1. The van der Waals surface area contributed by atoms with Gasteiger partial charge in [-0.05, 0) is 49.7 Å². The Bertz CT molecular complexity index is 823. The van der Waals surface area contributed by atoms with Gasteiger partial charge in [-0.2, -0.15) is 5.26 Å². The summed E-state index contributed by atoms with van der Waals surface area (Å²) in [4.78, 5) is 29.2. The van der Waals surface area contributed by atoms with Crippen LogP contribution in [0.2, 0.25) is 0 Å². The molecule has 4 rings (SSSR count). The lowest BCUT2D eigenvalue weighted by Crippen LogP contribution is -2.49. The minimum atomic E-state index is -0.374. The lowest BCUT2D eigenvalue weighted by atomic mass is 10.1. The van der Waals surface area contributed by atoms with E-state index in [9.17, 15) is 14.9 Å². The van der Waals surface area contributed by atoms with Gasteiger partial charge in [0.15, 0.2) is 0 Å². The molecule has 3 aliphatic rings. The van der Waals surface area contributed by atoms with Gasteiger partial charge in [-0.3, -0.25) is 9.59 Å². The SMILES string of the molecule is N#C[C@@H]1CCCN1C(=O)[C@H]1CCCN1C(=O)CCC1=Cc2ccccc2C1. The summed E-state index contributed by atoms with van der Waals surface area (Å²) in [7, 11) is 0. The summed E-state index contributed by atoms with van der Waals surface area (Å²) >= 11 is 0. The van der Waals surface area contributed by atoms with E-state index in [-0.39, 0.29) is 23.9 Å². The Balaban J connectivity index is 1.36. The summed E-state index contributed by atoms with van der Waals surface area (Å²) in [6.07, 6.45) is 7.51. The average molecular weight is 363 g/mol. The number of fused-ring (bicyclic) bond motifs is 1. The first kappa shape index (κ1) is 17.8. The van der Waals surface area contributed by atoms with Crippen molar-refractivity contribution in [2.75, 3.05) is 13.1 Å². The Kier molecular flexibility index (Phi) is 4.98. The Hall–Kier alpha value is -2.61.